The van der Waals surface area contributed by atoms with Crippen LogP contribution < -0.4 is 5.32 Å². The molecule has 0 spiro atoms. The predicted octanol–water partition coefficient (Wildman–Crippen LogP) is 1.15. The quantitative estimate of drug-likeness (QED) is 0.805. The van der Waals surface area contributed by atoms with Gasteiger partial charge in [-0.25, -0.2) is 4.98 Å². The van der Waals surface area contributed by atoms with E-state index in [9.17, 15) is 9.90 Å². The second-order valence-corrected chi connectivity index (χ2v) is 4.19. The van der Waals surface area contributed by atoms with Crippen molar-refractivity contribution in [3.05, 3.63) is 17.8 Å². The van der Waals surface area contributed by atoms with Crippen LogP contribution in [0.1, 0.15) is 30.3 Å². The molecule has 0 saturated carbocycles. The molecule has 1 unspecified atom stereocenters. The van der Waals surface area contributed by atoms with Crippen LogP contribution in [-0.4, -0.2) is 29.1 Å². The lowest BCUT2D eigenvalue weighted by Gasteiger charge is -2.26. The van der Waals surface area contributed by atoms with E-state index in [4.69, 9.17) is 4.42 Å². The number of oxazole rings is 1. The van der Waals surface area contributed by atoms with E-state index in [2.05, 4.69) is 10.3 Å². The Morgan fingerprint density at radius 3 is 2.81 bits per heavy atom. The second-order valence-electron chi connectivity index (χ2n) is 4.19. The van der Waals surface area contributed by atoms with Crippen LogP contribution in [0.25, 0.3) is 0 Å². The highest BCUT2D eigenvalue weighted by Crippen LogP contribution is 2.30. The topological polar surface area (TPSA) is 75.4 Å². The maximum Gasteiger partial charge on any atom is 0.313 e. The lowest BCUT2D eigenvalue weighted by atomic mass is 9.83. The van der Waals surface area contributed by atoms with E-state index >= 15 is 0 Å². The van der Waals surface area contributed by atoms with Crippen LogP contribution in [0.15, 0.2) is 10.7 Å². The van der Waals surface area contributed by atoms with Crippen molar-refractivity contribution >= 4 is 5.97 Å². The first-order chi connectivity index (χ1) is 7.68. The molecule has 0 aromatic carbocycles. The maximum absolute atomic E-state index is 11.3. The standard InChI is InChI=1S/C11H16N2O3/c1-7-13-9(6-16-7)10(11(14)15)8-2-4-12-5-3-8/h6,8,10,12H,2-5H2,1H3,(H,14,15). The van der Waals surface area contributed by atoms with Gasteiger partial charge in [-0.2, -0.15) is 0 Å². The summed E-state index contributed by atoms with van der Waals surface area (Å²) in [6.45, 7) is 3.49. The summed E-state index contributed by atoms with van der Waals surface area (Å²) in [6, 6.07) is 0. The fourth-order valence-electron chi connectivity index (χ4n) is 2.27. The zero-order chi connectivity index (χ0) is 11.5. The minimum Gasteiger partial charge on any atom is -0.481 e. The fourth-order valence-corrected chi connectivity index (χ4v) is 2.27. The fraction of sp³-hybridized carbons (Fsp3) is 0.636. The number of carboxylic acid groups (broad SMARTS) is 1. The number of aliphatic carboxylic acids is 1. The molecule has 16 heavy (non-hydrogen) atoms. The molecule has 0 aliphatic carbocycles. The van der Waals surface area contributed by atoms with Gasteiger partial charge in [0.2, 0.25) is 0 Å². The summed E-state index contributed by atoms with van der Waals surface area (Å²) in [5.41, 5.74) is 0.553. The van der Waals surface area contributed by atoms with Crippen molar-refractivity contribution in [1.29, 1.82) is 0 Å². The number of piperidine rings is 1. The number of nitrogens with one attached hydrogen (secondary N) is 1. The van der Waals surface area contributed by atoms with Gasteiger partial charge in [0.15, 0.2) is 5.89 Å². The third-order valence-corrected chi connectivity index (χ3v) is 3.08. The van der Waals surface area contributed by atoms with E-state index in [-0.39, 0.29) is 5.92 Å². The van der Waals surface area contributed by atoms with Crippen LogP contribution in [0.5, 0.6) is 0 Å². The molecule has 1 aliphatic heterocycles. The van der Waals surface area contributed by atoms with Crippen molar-refractivity contribution in [3.63, 3.8) is 0 Å². The first-order valence-electron chi connectivity index (χ1n) is 5.54. The molecule has 5 nitrogen and oxygen atoms in total. The molecule has 2 heterocycles. The van der Waals surface area contributed by atoms with Crippen molar-refractivity contribution in [2.24, 2.45) is 5.92 Å². The van der Waals surface area contributed by atoms with Gasteiger partial charge in [-0.15, -0.1) is 0 Å². The van der Waals surface area contributed by atoms with Gasteiger partial charge in [0, 0.05) is 6.92 Å². The molecule has 1 aromatic rings. The van der Waals surface area contributed by atoms with Gasteiger partial charge in [-0.05, 0) is 31.8 Å². The van der Waals surface area contributed by atoms with Crippen molar-refractivity contribution < 1.29 is 14.3 Å². The summed E-state index contributed by atoms with van der Waals surface area (Å²) in [6.07, 6.45) is 3.22. The molecule has 0 bridgehead atoms. The zero-order valence-corrected chi connectivity index (χ0v) is 9.27. The number of hydrogen-bond donors (Lipinski definition) is 2. The zero-order valence-electron chi connectivity index (χ0n) is 9.27. The molecule has 1 atom stereocenters. The molecule has 0 radical (unpaired) electrons. The van der Waals surface area contributed by atoms with Crippen molar-refractivity contribution in [3.8, 4) is 0 Å². The largest absolute Gasteiger partial charge is 0.481 e. The number of aromatic nitrogens is 1. The van der Waals surface area contributed by atoms with Crippen LogP contribution in [-0.2, 0) is 4.79 Å². The molecule has 1 saturated heterocycles. The molecule has 2 N–H and O–H groups in total. The molecule has 2 rings (SSSR count). The molecular weight excluding hydrogens is 208 g/mol. The van der Waals surface area contributed by atoms with E-state index in [0.717, 1.165) is 25.9 Å². The number of carbonyl (C=O) groups is 1. The smallest absolute Gasteiger partial charge is 0.313 e. The van der Waals surface area contributed by atoms with Crippen molar-refractivity contribution in [2.75, 3.05) is 13.1 Å². The Labute approximate surface area is 93.9 Å². The highest BCUT2D eigenvalue weighted by atomic mass is 16.4. The van der Waals surface area contributed by atoms with Crippen molar-refractivity contribution in [1.82, 2.24) is 10.3 Å². The van der Waals surface area contributed by atoms with Gasteiger partial charge in [0.25, 0.3) is 0 Å². The average molecular weight is 224 g/mol. The maximum atomic E-state index is 11.3. The lowest BCUT2D eigenvalue weighted by molar-refractivity contribution is -0.140. The Morgan fingerprint density at radius 1 is 1.62 bits per heavy atom. The summed E-state index contributed by atoms with van der Waals surface area (Å²) in [4.78, 5) is 15.4. The molecule has 1 aliphatic rings. The highest BCUT2D eigenvalue weighted by molar-refractivity contribution is 5.75. The number of hydrogen-bond acceptors (Lipinski definition) is 4. The van der Waals surface area contributed by atoms with Crippen LogP contribution in [0, 0.1) is 12.8 Å². The molecule has 1 fully saturated rings. The van der Waals surface area contributed by atoms with Gasteiger partial charge in [-0.3, -0.25) is 4.79 Å². The number of aryl methyl sites for hydroxylation is 1. The number of rotatable bonds is 3. The van der Waals surface area contributed by atoms with E-state index in [1.54, 1.807) is 6.92 Å². The molecule has 1 aromatic heterocycles. The Hall–Kier alpha value is -1.36. The Bertz CT molecular complexity index is 369. The number of nitrogens with zero attached hydrogens (tertiary/aromatic N) is 1. The highest BCUT2D eigenvalue weighted by Gasteiger charge is 2.32. The first-order valence-corrected chi connectivity index (χ1v) is 5.54. The van der Waals surface area contributed by atoms with Crippen LogP contribution in [0.3, 0.4) is 0 Å². The Kier molecular flexibility index (Phi) is 3.24. The molecule has 5 heteroatoms. The minimum absolute atomic E-state index is 0.156. The summed E-state index contributed by atoms with van der Waals surface area (Å²) in [7, 11) is 0. The van der Waals surface area contributed by atoms with Gasteiger partial charge in [0.05, 0.1) is 5.69 Å². The van der Waals surface area contributed by atoms with E-state index < -0.39 is 11.9 Å². The first kappa shape index (κ1) is 11.1. The Morgan fingerprint density at radius 2 is 2.31 bits per heavy atom. The SMILES string of the molecule is Cc1nc(C(C(=O)O)C2CCNCC2)co1. The molecule has 0 amide bonds. The normalized spacial score (nSPS) is 19.6. The predicted molar refractivity (Wildman–Crippen MR) is 57.2 cm³/mol. The lowest BCUT2D eigenvalue weighted by Crippen LogP contribution is -2.33. The third-order valence-electron chi connectivity index (χ3n) is 3.08. The third kappa shape index (κ3) is 2.24. The van der Waals surface area contributed by atoms with Gasteiger partial charge in [0.1, 0.15) is 12.2 Å². The monoisotopic (exact) mass is 224 g/mol. The van der Waals surface area contributed by atoms with Crippen molar-refractivity contribution in [2.45, 2.75) is 25.7 Å². The summed E-state index contributed by atoms with van der Waals surface area (Å²) < 4.78 is 5.10. The number of carboxylic acids is 1. The van der Waals surface area contributed by atoms with Gasteiger partial charge >= 0.3 is 5.97 Å². The van der Waals surface area contributed by atoms with E-state index in [1.165, 1.54) is 6.26 Å². The second kappa shape index (κ2) is 4.65. The van der Waals surface area contributed by atoms with E-state index in [0.29, 0.717) is 11.6 Å². The Balaban J connectivity index is 2.19. The molecule has 88 valence electrons. The van der Waals surface area contributed by atoms with Gasteiger partial charge in [-0.1, -0.05) is 0 Å². The van der Waals surface area contributed by atoms with Gasteiger partial charge < -0.3 is 14.8 Å². The average Bonchev–Trinajstić information content (AvgIpc) is 2.66. The van der Waals surface area contributed by atoms with Crippen LogP contribution in [0.4, 0.5) is 0 Å². The summed E-state index contributed by atoms with van der Waals surface area (Å²) in [5, 5.41) is 12.5. The van der Waals surface area contributed by atoms with E-state index in [1.807, 2.05) is 0 Å². The summed E-state index contributed by atoms with van der Waals surface area (Å²) >= 11 is 0. The minimum atomic E-state index is -0.805. The molecular formula is C11H16N2O3. The van der Waals surface area contributed by atoms with Crippen LogP contribution in [0.2, 0.25) is 0 Å². The van der Waals surface area contributed by atoms with Crippen LogP contribution >= 0.6 is 0 Å². The summed E-state index contributed by atoms with van der Waals surface area (Å²) in [5.74, 6) is -0.654.